The van der Waals surface area contributed by atoms with Crippen molar-refractivity contribution >= 4 is 6.08 Å². The topological polar surface area (TPSA) is 27.0 Å². The van der Waals surface area contributed by atoms with Crippen LogP contribution in [0.3, 0.4) is 0 Å². The predicted molar refractivity (Wildman–Crippen MR) is 53.7 cm³/mol. The van der Waals surface area contributed by atoms with Gasteiger partial charge in [-0.1, -0.05) is 30.3 Å². The van der Waals surface area contributed by atoms with E-state index in [0.717, 1.165) is 5.56 Å². The van der Waals surface area contributed by atoms with Crippen LogP contribution in [0.5, 0.6) is 0 Å². The summed E-state index contributed by atoms with van der Waals surface area (Å²) in [5.74, 6) is 0. The maximum absolute atomic E-state index is 8.80. The molecular weight excluding hydrogens is 160 g/mol. The Balaban J connectivity index is 2.94. The maximum atomic E-state index is 8.80. The Morgan fingerprint density at radius 1 is 1.31 bits per heavy atom. The lowest BCUT2D eigenvalue weighted by molar-refractivity contribution is 0.538. The first-order chi connectivity index (χ1) is 6.24. The van der Waals surface area contributed by atoms with Crippen molar-refractivity contribution in [3.05, 3.63) is 41.6 Å². The third kappa shape index (κ3) is 2.64. The van der Waals surface area contributed by atoms with Crippen LogP contribution < -0.4 is 0 Å². The van der Waals surface area contributed by atoms with Crippen molar-refractivity contribution in [1.82, 2.24) is 4.90 Å². The van der Waals surface area contributed by atoms with Crippen LogP contribution in [-0.4, -0.2) is 19.0 Å². The van der Waals surface area contributed by atoms with E-state index in [1.165, 1.54) is 0 Å². The Bertz CT molecular complexity index is 331. The van der Waals surface area contributed by atoms with Gasteiger partial charge in [-0.05, 0) is 11.6 Å². The first-order valence-electron chi connectivity index (χ1n) is 4.08. The zero-order chi connectivity index (χ0) is 9.68. The van der Waals surface area contributed by atoms with Gasteiger partial charge in [-0.2, -0.15) is 5.26 Å². The van der Waals surface area contributed by atoms with E-state index in [1.807, 2.05) is 50.5 Å². The molecular formula is C11H12N2. The van der Waals surface area contributed by atoms with Crippen molar-refractivity contribution in [2.45, 2.75) is 0 Å². The number of nitriles is 1. The van der Waals surface area contributed by atoms with E-state index in [-0.39, 0.29) is 0 Å². The predicted octanol–water partition coefficient (Wildman–Crippen LogP) is 2.11. The largest absolute Gasteiger partial charge is 0.369 e. The number of rotatable bonds is 2. The molecule has 0 N–H and O–H groups in total. The van der Waals surface area contributed by atoms with Gasteiger partial charge in [0.2, 0.25) is 0 Å². The van der Waals surface area contributed by atoms with Gasteiger partial charge in [0.05, 0.1) is 0 Å². The standard InChI is InChI=1S/C11H12N2/c1-13(2)11(9-12)8-10-6-4-3-5-7-10/h3-8H,1-2H3/b11-8+. The SMILES string of the molecule is CN(C)/C(C#N)=C/c1ccccc1. The lowest BCUT2D eigenvalue weighted by Crippen LogP contribution is -2.08. The van der Waals surface area contributed by atoms with Crippen LogP contribution in [0, 0.1) is 11.3 Å². The molecule has 0 aromatic heterocycles. The molecule has 0 aliphatic rings. The maximum Gasteiger partial charge on any atom is 0.117 e. The van der Waals surface area contributed by atoms with Gasteiger partial charge in [0, 0.05) is 14.1 Å². The van der Waals surface area contributed by atoms with Gasteiger partial charge >= 0.3 is 0 Å². The molecule has 0 spiro atoms. The van der Waals surface area contributed by atoms with Gasteiger partial charge in [-0.3, -0.25) is 0 Å². The van der Waals surface area contributed by atoms with Crippen molar-refractivity contribution in [3.8, 4) is 6.07 Å². The van der Waals surface area contributed by atoms with E-state index in [1.54, 1.807) is 4.90 Å². The summed E-state index contributed by atoms with van der Waals surface area (Å²) >= 11 is 0. The van der Waals surface area contributed by atoms with Gasteiger partial charge < -0.3 is 4.90 Å². The molecule has 0 fully saturated rings. The molecule has 0 aliphatic heterocycles. The highest BCUT2D eigenvalue weighted by Crippen LogP contribution is 2.06. The number of hydrogen-bond acceptors (Lipinski definition) is 2. The van der Waals surface area contributed by atoms with Crippen LogP contribution in [-0.2, 0) is 0 Å². The van der Waals surface area contributed by atoms with Crippen molar-refractivity contribution in [2.75, 3.05) is 14.1 Å². The quantitative estimate of drug-likeness (QED) is 0.639. The van der Waals surface area contributed by atoms with E-state index in [0.29, 0.717) is 5.70 Å². The smallest absolute Gasteiger partial charge is 0.117 e. The minimum atomic E-state index is 0.659. The number of hydrogen-bond donors (Lipinski definition) is 0. The molecule has 66 valence electrons. The summed E-state index contributed by atoms with van der Waals surface area (Å²) in [5.41, 5.74) is 1.71. The molecule has 2 nitrogen and oxygen atoms in total. The van der Waals surface area contributed by atoms with E-state index in [9.17, 15) is 0 Å². The minimum absolute atomic E-state index is 0.659. The summed E-state index contributed by atoms with van der Waals surface area (Å²) in [7, 11) is 3.72. The molecule has 0 aliphatic carbocycles. The Morgan fingerprint density at radius 2 is 1.92 bits per heavy atom. The van der Waals surface area contributed by atoms with Crippen LogP contribution >= 0.6 is 0 Å². The fourth-order valence-electron chi connectivity index (χ4n) is 0.969. The number of benzene rings is 1. The van der Waals surface area contributed by atoms with Gasteiger partial charge in [0.25, 0.3) is 0 Å². The summed E-state index contributed by atoms with van der Waals surface area (Å²) in [6.07, 6.45) is 1.86. The lowest BCUT2D eigenvalue weighted by atomic mass is 10.2. The normalized spacial score (nSPS) is 10.7. The molecule has 1 aromatic rings. The third-order valence-electron chi connectivity index (χ3n) is 1.70. The summed E-state index contributed by atoms with van der Waals surface area (Å²) in [4.78, 5) is 1.80. The van der Waals surface area contributed by atoms with Crippen LogP contribution in [0.4, 0.5) is 0 Å². The second-order valence-corrected chi connectivity index (χ2v) is 2.95. The van der Waals surface area contributed by atoms with Crippen LogP contribution in [0.1, 0.15) is 5.56 Å². The lowest BCUT2D eigenvalue weighted by Gasteiger charge is -2.09. The zero-order valence-corrected chi connectivity index (χ0v) is 7.86. The third-order valence-corrected chi connectivity index (χ3v) is 1.70. The zero-order valence-electron chi connectivity index (χ0n) is 7.86. The molecule has 0 bridgehead atoms. The highest BCUT2D eigenvalue weighted by atomic mass is 15.1. The first-order valence-corrected chi connectivity index (χ1v) is 4.08. The Kier molecular flexibility index (Phi) is 3.10. The Labute approximate surface area is 78.7 Å². The monoisotopic (exact) mass is 172 g/mol. The fourth-order valence-corrected chi connectivity index (χ4v) is 0.969. The molecule has 0 atom stereocenters. The number of allylic oxidation sites excluding steroid dienone is 1. The van der Waals surface area contributed by atoms with E-state index in [4.69, 9.17) is 5.26 Å². The average molecular weight is 172 g/mol. The molecule has 0 amide bonds. The van der Waals surface area contributed by atoms with Gasteiger partial charge in [-0.15, -0.1) is 0 Å². The van der Waals surface area contributed by atoms with Gasteiger partial charge in [-0.25, -0.2) is 0 Å². The van der Waals surface area contributed by atoms with Crippen molar-refractivity contribution < 1.29 is 0 Å². The minimum Gasteiger partial charge on any atom is -0.369 e. The van der Waals surface area contributed by atoms with Gasteiger partial charge in [0.15, 0.2) is 0 Å². The fraction of sp³-hybridized carbons (Fsp3) is 0.182. The van der Waals surface area contributed by atoms with E-state index in [2.05, 4.69) is 6.07 Å². The highest BCUT2D eigenvalue weighted by Gasteiger charge is 1.96. The summed E-state index contributed by atoms with van der Waals surface area (Å²) in [5, 5.41) is 8.80. The molecule has 0 saturated heterocycles. The van der Waals surface area contributed by atoms with Crippen LogP contribution in [0.15, 0.2) is 36.0 Å². The Morgan fingerprint density at radius 3 is 2.38 bits per heavy atom. The highest BCUT2D eigenvalue weighted by molar-refractivity contribution is 5.55. The molecule has 2 heteroatoms. The summed E-state index contributed by atoms with van der Waals surface area (Å²) < 4.78 is 0. The van der Waals surface area contributed by atoms with Crippen LogP contribution in [0.25, 0.3) is 6.08 Å². The molecule has 0 radical (unpaired) electrons. The van der Waals surface area contributed by atoms with Crippen molar-refractivity contribution in [1.29, 1.82) is 5.26 Å². The van der Waals surface area contributed by atoms with Gasteiger partial charge in [0.1, 0.15) is 11.8 Å². The Hall–Kier alpha value is -1.75. The number of nitrogens with zero attached hydrogens (tertiary/aromatic N) is 2. The molecule has 1 aromatic carbocycles. The second kappa shape index (κ2) is 4.32. The molecule has 0 saturated carbocycles. The van der Waals surface area contributed by atoms with Crippen LogP contribution in [0.2, 0.25) is 0 Å². The average Bonchev–Trinajstić information content (AvgIpc) is 2.15. The summed E-state index contributed by atoms with van der Waals surface area (Å²) in [6.45, 7) is 0. The first kappa shape index (κ1) is 9.34. The summed E-state index contributed by atoms with van der Waals surface area (Å²) in [6, 6.07) is 12.0. The van der Waals surface area contributed by atoms with E-state index >= 15 is 0 Å². The molecule has 0 unspecified atom stereocenters. The molecule has 13 heavy (non-hydrogen) atoms. The van der Waals surface area contributed by atoms with E-state index < -0.39 is 0 Å². The van der Waals surface area contributed by atoms with Crippen molar-refractivity contribution in [3.63, 3.8) is 0 Å². The molecule has 0 heterocycles. The second-order valence-electron chi connectivity index (χ2n) is 2.95. The van der Waals surface area contributed by atoms with Crippen molar-refractivity contribution in [2.24, 2.45) is 0 Å². The molecule has 1 rings (SSSR count).